The summed E-state index contributed by atoms with van der Waals surface area (Å²) in [5.41, 5.74) is 5.80. The van der Waals surface area contributed by atoms with Gasteiger partial charge in [-0.25, -0.2) is 4.98 Å². The highest BCUT2D eigenvalue weighted by Gasteiger charge is 2.19. The average Bonchev–Trinajstić information content (AvgIpc) is 3.10. The molecule has 0 amide bonds. The van der Waals surface area contributed by atoms with Gasteiger partial charge in [-0.3, -0.25) is 4.79 Å². The monoisotopic (exact) mass is 637 g/mol. The number of aromatic nitrogens is 2. The minimum atomic E-state index is -0.263. The number of hydrogen-bond donors (Lipinski definition) is 0. The number of para-hydroxylation sites is 1. The third kappa shape index (κ3) is 6.32. The minimum absolute atomic E-state index is 0.195. The van der Waals surface area contributed by atoms with Crippen LogP contribution in [0.1, 0.15) is 47.6 Å². The summed E-state index contributed by atoms with van der Waals surface area (Å²) >= 11 is 0. The van der Waals surface area contributed by atoms with Gasteiger partial charge in [0.15, 0.2) is 17.3 Å². The molecule has 0 aliphatic carbocycles. The molecule has 1 heterocycles. The van der Waals surface area contributed by atoms with Gasteiger partial charge in [0.25, 0.3) is 5.56 Å². The lowest BCUT2D eigenvalue weighted by molar-refractivity contribution is 0.283. The van der Waals surface area contributed by atoms with Gasteiger partial charge >= 0.3 is 0 Å². The number of ether oxygens (including phenoxy) is 3. The van der Waals surface area contributed by atoms with Crippen LogP contribution in [0.5, 0.6) is 17.2 Å². The van der Waals surface area contributed by atoms with Crippen LogP contribution in [-0.2, 0) is 13.0 Å². The van der Waals surface area contributed by atoms with E-state index in [2.05, 4.69) is 50.8 Å². The fraction of sp³-hybridized carbons (Fsp3) is 0.195. The maximum atomic E-state index is 14.0. The van der Waals surface area contributed by atoms with Crippen LogP contribution in [0.4, 0.5) is 0 Å². The number of aryl methyl sites for hydroxylation is 1. The quantitative estimate of drug-likeness (QED) is 0.105. The minimum Gasteiger partial charge on any atom is -0.496 e. The Hall–Kier alpha value is -5.69. The SMILES string of the molecule is C=CCc1cc(C=Nn2c(-c3cc(C(C)C)c(OC)cc3C)nc3ccccc3c2=O)cc(OC)c1OCc1cccc2ccccc12. The van der Waals surface area contributed by atoms with Crippen molar-refractivity contribution in [1.82, 2.24) is 9.66 Å². The Morgan fingerprint density at radius 2 is 1.60 bits per heavy atom. The molecule has 0 N–H and O–H groups in total. The maximum Gasteiger partial charge on any atom is 0.282 e. The van der Waals surface area contributed by atoms with Crippen LogP contribution in [0.15, 0.2) is 114 Å². The first-order valence-corrected chi connectivity index (χ1v) is 16.0. The van der Waals surface area contributed by atoms with Crippen molar-refractivity contribution < 1.29 is 14.2 Å². The van der Waals surface area contributed by atoms with Crippen LogP contribution in [0.3, 0.4) is 0 Å². The van der Waals surface area contributed by atoms with Crippen LogP contribution in [-0.4, -0.2) is 30.1 Å². The maximum absolute atomic E-state index is 14.0. The summed E-state index contributed by atoms with van der Waals surface area (Å²) in [6.45, 7) is 10.5. The number of benzene rings is 5. The number of fused-ring (bicyclic) bond motifs is 2. The second-order valence-corrected chi connectivity index (χ2v) is 12.0. The first-order chi connectivity index (χ1) is 23.3. The fourth-order valence-electron chi connectivity index (χ4n) is 6.05. The van der Waals surface area contributed by atoms with E-state index in [0.717, 1.165) is 49.9 Å². The molecule has 0 saturated heterocycles. The Morgan fingerprint density at radius 3 is 2.35 bits per heavy atom. The van der Waals surface area contributed by atoms with Crippen molar-refractivity contribution in [1.29, 1.82) is 0 Å². The normalized spacial score (nSPS) is 11.5. The molecule has 7 nitrogen and oxygen atoms in total. The van der Waals surface area contributed by atoms with Gasteiger partial charge in [0.05, 0.1) is 31.3 Å². The second-order valence-electron chi connectivity index (χ2n) is 12.0. The molecule has 0 spiro atoms. The van der Waals surface area contributed by atoms with Gasteiger partial charge in [0.1, 0.15) is 12.4 Å². The Kier molecular flexibility index (Phi) is 9.39. The summed E-state index contributed by atoms with van der Waals surface area (Å²) in [5, 5.41) is 7.54. The first kappa shape index (κ1) is 32.3. The number of hydrogen-bond acceptors (Lipinski definition) is 6. The van der Waals surface area contributed by atoms with E-state index in [0.29, 0.717) is 41.3 Å². The third-order valence-corrected chi connectivity index (χ3v) is 8.51. The first-order valence-electron chi connectivity index (χ1n) is 16.0. The molecule has 0 atom stereocenters. The van der Waals surface area contributed by atoms with Crippen LogP contribution in [0.2, 0.25) is 0 Å². The molecule has 1 aromatic heterocycles. The smallest absolute Gasteiger partial charge is 0.282 e. The Morgan fingerprint density at radius 1 is 0.875 bits per heavy atom. The zero-order chi connectivity index (χ0) is 33.8. The summed E-state index contributed by atoms with van der Waals surface area (Å²) in [4.78, 5) is 18.9. The van der Waals surface area contributed by atoms with E-state index in [-0.39, 0.29) is 11.5 Å². The van der Waals surface area contributed by atoms with Crippen molar-refractivity contribution in [3.05, 3.63) is 142 Å². The summed E-state index contributed by atoms with van der Waals surface area (Å²) in [6, 6.07) is 29.7. The molecule has 0 bridgehead atoms. The van der Waals surface area contributed by atoms with E-state index in [4.69, 9.17) is 24.3 Å². The van der Waals surface area contributed by atoms with Gasteiger partial charge in [-0.05, 0) is 88.7 Å². The van der Waals surface area contributed by atoms with Crippen LogP contribution in [0, 0.1) is 6.92 Å². The van der Waals surface area contributed by atoms with E-state index in [9.17, 15) is 4.79 Å². The Bertz CT molecular complexity index is 2230. The summed E-state index contributed by atoms with van der Waals surface area (Å²) in [6.07, 6.45) is 4.04. The van der Waals surface area contributed by atoms with Gasteiger partial charge in [-0.15, -0.1) is 6.58 Å². The molecule has 0 fully saturated rings. The zero-order valence-corrected chi connectivity index (χ0v) is 28.0. The predicted octanol–water partition coefficient (Wildman–Crippen LogP) is 8.86. The Labute approximate surface area is 280 Å². The molecular formula is C41H39N3O4. The van der Waals surface area contributed by atoms with Crippen LogP contribution >= 0.6 is 0 Å². The Balaban J connectivity index is 1.44. The fourth-order valence-corrected chi connectivity index (χ4v) is 6.05. The number of nitrogens with zero attached hydrogens (tertiary/aromatic N) is 3. The van der Waals surface area contributed by atoms with Gasteiger partial charge < -0.3 is 14.2 Å². The predicted molar refractivity (Wildman–Crippen MR) is 195 cm³/mol. The molecule has 0 aliphatic rings. The molecule has 6 rings (SSSR count). The number of methoxy groups -OCH3 is 2. The van der Waals surface area contributed by atoms with Crippen molar-refractivity contribution in [2.24, 2.45) is 5.10 Å². The van der Waals surface area contributed by atoms with Crippen LogP contribution in [0.25, 0.3) is 33.1 Å². The highest BCUT2D eigenvalue weighted by Crippen LogP contribution is 2.36. The van der Waals surface area contributed by atoms with E-state index >= 15 is 0 Å². The molecule has 5 aromatic carbocycles. The van der Waals surface area contributed by atoms with Crippen molar-refractivity contribution in [2.45, 2.75) is 39.7 Å². The van der Waals surface area contributed by atoms with Crippen molar-refractivity contribution >= 4 is 27.9 Å². The van der Waals surface area contributed by atoms with E-state index in [1.54, 1.807) is 26.5 Å². The molecule has 48 heavy (non-hydrogen) atoms. The van der Waals surface area contributed by atoms with Crippen molar-refractivity contribution in [3.63, 3.8) is 0 Å². The van der Waals surface area contributed by atoms with Gasteiger partial charge in [-0.1, -0.05) is 74.5 Å². The van der Waals surface area contributed by atoms with E-state index in [1.807, 2.05) is 67.6 Å². The van der Waals surface area contributed by atoms with E-state index in [1.165, 1.54) is 4.68 Å². The van der Waals surface area contributed by atoms with Crippen molar-refractivity contribution in [2.75, 3.05) is 14.2 Å². The number of allylic oxidation sites excluding steroid dienone is 1. The second kappa shape index (κ2) is 14.0. The molecule has 0 saturated carbocycles. The van der Waals surface area contributed by atoms with Gasteiger partial charge in [-0.2, -0.15) is 9.78 Å². The lowest BCUT2D eigenvalue weighted by Gasteiger charge is -2.18. The topological polar surface area (TPSA) is 74.9 Å². The molecular weight excluding hydrogens is 598 g/mol. The van der Waals surface area contributed by atoms with E-state index < -0.39 is 0 Å². The molecule has 0 aliphatic heterocycles. The highest BCUT2D eigenvalue weighted by atomic mass is 16.5. The summed E-state index contributed by atoms with van der Waals surface area (Å²) < 4.78 is 19.3. The van der Waals surface area contributed by atoms with Crippen molar-refractivity contribution in [3.8, 4) is 28.6 Å². The zero-order valence-electron chi connectivity index (χ0n) is 28.0. The standard InChI is InChI=1S/C41H39N3O4/c1-7-13-30-21-28(22-38(47-6)39(30)48-25-31-16-12-15-29-14-8-9-17-32(29)31)24-42-44-40(43-36-19-11-10-18-33(36)41(44)45)35-23-34(26(2)3)37(46-5)20-27(35)4/h7-12,14-24,26H,1,13,25H2,2-6H3. The molecule has 6 aromatic rings. The largest absolute Gasteiger partial charge is 0.496 e. The lowest BCUT2D eigenvalue weighted by Crippen LogP contribution is -2.21. The molecule has 0 unspecified atom stereocenters. The average molecular weight is 638 g/mol. The molecule has 242 valence electrons. The molecule has 7 heteroatoms. The van der Waals surface area contributed by atoms with Gasteiger partial charge in [0.2, 0.25) is 0 Å². The highest BCUT2D eigenvalue weighted by molar-refractivity contribution is 5.86. The lowest BCUT2D eigenvalue weighted by atomic mass is 9.96. The molecule has 0 radical (unpaired) electrons. The van der Waals surface area contributed by atoms with Crippen LogP contribution < -0.4 is 19.8 Å². The third-order valence-electron chi connectivity index (χ3n) is 8.51. The summed E-state index contributed by atoms with van der Waals surface area (Å²) in [7, 11) is 3.29. The van der Waals surface area contributed by atoms with Gasteiger partial charge in [0, 0.05) is 11.1 Å². The summed E-state index contributed by atoms with van der Waals surface area (Å²) in [5.74, 6) is 2.65. The number of rotatable bonds is 11.